The minimum atomic E-state index is -0.852. The number of amides is 3. The van der Waals surface area contributed by atoms with E-state index in [2.05, 4.69) is 27.6 Å². The zero-order chi connectivity index (χ0) is 31.6. The van der Waals surface area contributed by atoms with Crippen molar-refractivity contribution in [2.45, 2.75) is 96.4 Å². The van der Waals surface area contributed by atoms with E-state index in [1.807, 2.05) is 38.1 Å². The number of nitrogens with one attached hydrogen (secondary N) is 3. The van der Waals surface area contributed by atoms with Crippen molar-refractivity contribution < 1.29 is 23.9 Å². The van der Waals surface area contributed by atoms with Crippen molar-refractivity contribution in [3.05, 3.63) is 60.5 Å². The van der Waals surface area contributed by atoms with Gasteiger partial charge in [0, 0.05) is 24.5 Å². The Morgan fingerprint density at radius 3 is 2.57 bits per heavy atom. The van der Waals surface area contributed by atoms with Gasteiger partial charge in [0.05, 0.1) is 5.69 Å². The van der Waals surface area contributed by atoms with Crippen molar-refractivity contribution in [3.63, 3.8) is 0 Å². The summed E-state index contributed by atoms with van der Waals surface area (Å²) in [4.78, 5) is 56.7. The number of carbonyl (C=O) groups is 4. The summed E-state index contributed by atoms with van der Waals surface area (Å²) in [7, 11) is 0. The molecule has 10 heteroatoms. The van der Waals surface area contributed by atoms with Crippen LogP contribution in [0.2, 0.25) is 0 Å². The molecule has 10 nitrogen and oxygen atoms in total. The minimum Gasteiger partial charge on any atom is -0.457 e. The Labute approximate surface area is 259 Å². The summed E-state index contributed by atoms with van der Waals surface area (Å²) in [6.45, 7) is 9.45. The number of rotatable bonds is 11. The monoisotopic (exact) mass is 603 g/mol. The molecule has 2 heterocycles. The molecule has 1 aromatic carbocycles. The Kier molecular flexibility index (Phi) is 11.7. The number of esters is 1. The van der Waals surface area contributed by atoms with Crippen LogP contribution in [0.3, 0.4) is 0 Å². The summed E-state index contributed by atoms with van der Waals surface area (Å²) in [5.74, 6) is -1.36. The summed E-state index contributed by atoms with van der Waals surface area (Å²) >= 11 is 0. The average Bonchev–Trinajstić information content (AvgIpc) is 3.05. The van der Waals surface area contributed by atoms with Gasteiger partial charge in [0.25, 0.3) is 5.91 Å². The zero-order valence-electron chi connectivity index (χ0n) is 26.0. The van der Waals surface area contributed by atoms with Gasteiger partial charge in [-0.2, -0.15) is 0 Å². The van der Waals surface area contributed by atoms with Gasteiger partial charge in [-0.15, -0.1) is 0 Å². The van der Waals surface area contributed by atoms with Crippen LogP contribution in [-0.4, -0.2) is 58.4 Å². The zero-order valence-corrected chi connectivity index (χ0v) is 26.0. The smallest absolute Gasteiger partial charge is 0.325 e. The molecule has 1 aromatic heterocycles. The molecule has 4 atom stereocenters. The van der Waals surface area contributed by atoms with Crippen LogP contribution < -0.4 is 16.1 Å². The molecule has 4 rings (SSSR count). The number of nitrogens with zero attached hydrogens (tertiary/aromatic N) is 2. The van der Waals surface area contributed by atoms with Crippen LogP contribution >= 0.6 is 0 Å². The Hall–Kier alpha value is -4.05. The lowest BCUT2D eigenvalue weighted by Gasteiger charge is -2.35. The second-order valence-electron chi connectivity index (χ2n) is 11.8. The third kappa shape index (κ3) is 8.53. The Bertz CT molecular complexity index is 1390. The first-order valence-electron chi connectivity index (χ1n) is 15.7. The van der Waals surface area contributed by atoms with Crippen LogP contribution in [0.5, 0.6) is 0 Å². The molecule has 0 bridgehead atoms. The van der Waals surface area contributed by atoms with Crippen molar-refractivity contribution in [2.75, 3.05) is 6.54 Å². The predicted octanol–water partition coefficient (Wildman–Crippen LogP) is 4.51. The van der Waals surface area contributed by atoms with Gasteiger partial charge in [-0.3, -0.25) is 29.2 Å². The quantitative estimate of drug-likeness (QED) is 0.255. The molecule has 1 aliphatic carbocycles. The third-order valence-electron chi connectivity index (χ3n) is 8.46. The van der Waals surface area contributed by atoms with Crippen LogP contribution in [0.1, 0.15) is 89.5 Å². The molecule has 236 valence electrons. The van der Waals surface area contributed by atoms with Gasteiger partial charge in [-0.05, 0) is 81.5 Å². The molecular weight excluding hydrogens is 558 g/mol. The molecule has 1 saturated heterocycles. The van der Waals surface area contributed by atoms with Crippen molar-refractivity contribution in [2.24, 2.45) is 5.92 Å². The normalized spacial score (nSPS) is 19.6. The maximum absolute atomic E-state index is 13.4. The van der Waals surface area contributed by atoms with Crippen LogP contribution in [0, 0.1) is 5.92 Å². The molecule has 0 radical (unpaired) electrons. The van der Waals surface area contributed by atoms with Crippen LogP contribution in [0.25, 0.3) is 16.8 Å². The molecule has 1 saturated carbocycles. The largest absolute Gasteiger partial charge is 0.457 e. The van der Waals surface area contributed by atoms with E-state index in [0.29, 0.717) is 19.4 Å². The summed E-state index contributed by atoms with van der Waals surface area (Å²) in [6, 6.07) is 5.51. The standard InChI is InChI=1S/C34H45N5O5/c1-5-7-15-30(40)37-31(24-12-9-8-10-13-24)32(41)36-22(3)33(42)39-18-11-14-29(38-39)34(43)44-23(4)25-16-17-26-21-35-28(6-2)20-27(26)19-25/h5-7,16-17,19-24,29,31,38H,2,8-15,18H2,1,3-4H3,(H,36,41)(H,37,40). The highest BCUT2D eigenvalue weighted by atomic mass is 16.5. The van der Waals surface area contributed by atoms with E-state index in [9.17, 15) is 19.2 Å². The van der Waals surface area contributed by atoms with Crippen LogP contribution in [0.15, 0.2) is 49.2 Å². The summed E-state index contributed by atoms with van der Waals surface area (Å²) in [5, 5.41) is 9.07. The summed E-state index contributed by atoms with van der Waals surface area (Å²) in [5.41, 5.74) is 4.63. The van der Waals surface area contributed by atoms with Crippen LogP contribution in [-0.2, 0) is 23.9 Å². The first-order valence-corrected chi connectivity index (χ1v) is 15.7. The highest BCUT2D eigenvalue weighted by Crippen LogP contribution is 2.27. The van der Waals surface area contributed by atoms with E-state index >= 15 is 0 Å². The number of pyridine rings is 1. The molecule has 44 heavy (non-hydrogen) atoms. The Balaban J connectivity index is 1.34. The van der Waals surface area contributed by atoms with Gasteiger partial charge >= 0.3 is 5.97 Å². The Morgan fingerprint density at radius 2 is 1.84 bits per heavy atom. The predicted molar refractivity (Wildman–Crippen MR) is 170 cm³/mol. The highest BCUT2D eigenvalue weighted by molar-refractivity contribution is 5.92. The van der Waals surface area contributed by atoms with E-state index < -0.39 is 30.2 Å². The lowest BCUT2D eigenvalue weighted by atomic mass is 9.83. The number of hydrazine groups is 1. The van der Waals surface area contributed by atoms with Gasteiger partial charge in [0.2, 0.25) is 11.8 Å². The van der Waals surface area contributed by atoms with Crippen LogP contribution in [0.4, 0.5) is 0 Å². The second kappa shape index (κ2) is 15.6. The van der Waals surface area contributed by atoms with Gasteiger partial charge in [0.1, 0.15) is 24.2 Å². The van der Waals surface area contributed by atoms with E-state index in [0.717, 1.165) is 54.1 Å². The average molecular weight is 604 g/mol. The SMILES string of the molecule is C=Cc1cc2cc(C(C)OC(=O)C3CCCN(C(=O)C(C)NC(=O)C(NC(=O)CC=CC)C4CCCCC4)N3)ccc2cn1. The minimum absolute atomic E-state index is 0.0261. The molecule has 3 amide bonds. The number of ether oxygens (including phenoxy) is 1. The topological polar surface area (TPSA) is 130 Å². The highest BCUT2D eigenvalue weighted by Gasteiger charge is 2.35. The molecular formula is C34H45N5O5. The van der Waals surface area contributed by atoms with E-state index in [-0.39, 0.29) is 30.1 Å². The number of aromatic nitrogens is 1. The van der Waals surface area contributed by atoms with E-state index in [1.54, 1.807) is 31.3 Å². The number of fused-ring (bicyclic) bond motifs is 1. The summed E-state index contributed by atoms with van der Waals surface area (Å²) in [6.07, 6.45) is 12.7. The summed E-state index contributed by atoms with van der Waals surface area (Å²) < 4.78 is 5.81. The molecule has 0 spiro atoms. The van der Waals surface area contributed by atoms with E-state index in [1.165, 1.54) is 5.01 Å². The molecule has 1 aliphatic heterocycles. The number of hydrogen-bond acceptors (Lipinski definition) is 7. The lowest BCUT2D eigenvalue weighted by molar-refractivity contribution is -0.157. The van der Waals surface area contributed by atoms with Gasteiger partial charge in [0.15, 0.2) is 0 Å². The third-order valence-corrected chi connectivity index (χ3v) is 8.46. The molecule has 2 aromatic rings. The van der Waals surface area contributed by atoms with Crippen molar-refractivity contribution in [1.82, 2.24) is 26.1 Å². The molecule has 4 unspecified atom stereocenters. The molecule has 2 aliphatic rings. The van der Waals surface area contributed by atoms with Crippen molar-refractivity contribution in [1.29, 1.82) is 0 Å². The second-order valence-corrected chi connectivity index (χ2v) is 11.8. The maximum atomic E-state index is 13.4. The fourth-order valence-corrected chi connectivity index (χ4v) is 5.90. The molecule has 3 N–H and O–H groups in total. The number of hydrogen-bond donors (Lipinski definition) is 3. The number of allylic oxidation sites excluding steroid dienone is 1. The number of carbonyl (C=O) groups excluding carboxylic acids is 4. The fourth-order valence-electron chi connectivity index (χ4n) is 5.90. The van der Waals surface area contributed by atoms with Gasteiger partial charge in [-0.25, -0.2) is 5.43 Å². The lowest BCUT2D eigenvalue weighted by Crippen LogP contribution is -2.61. The maximum Gasteiger partial charge on any atom is 0.325 e. The van der Waals surface area contributed by atoms with Crippen molar-refractivity contribution in [3.8, 4) is 0 Å². The fraction of sp³-hybridized carbons (Fsp3) is 0.500. The van der Waals surface area contributed by atoms with E-state index in [4.69, 9.17) is 4.74 Å². The van der Waals surface area contributed by atoms with Crippen molar-refractivity contribution >= 4 is 40.5 Å². The first-order chi connectivity index (χ1) is 21.2. The van der Waals surface area contributed by atoms with Gasteiger partial charge in [-0.1, -0.05) is 50.1 Å². The number of benzene rings is 1. The first kappa shape index (κ1) is 32.9. The Morgan fingerprint density at radius 1 is 1.07 bits per heavy atom. The molecule has 2 fully saturated rings. The van der Waals surface area contributed by atoms with Gasteiger partial charge < -0.3 is 15.4 Å².